The number of halogens is 1. The first kappa shape index (κ1) is 18.5. The molecule has 0 radical (unpaired) electrons. The lowest BCUT2D eigenvalue weighted by atomic mass is 10.1. The summed E-state index contributed by atoms with van der Waals surface area (Å²) in [5.74, 6) is -0.0625. The van der Waals surface area contributed by atoms with Crippen molar-refractivity contribution in [2.24, 2.45) is 0 Å². The zero-order valence-corrected chi connectivity index (χ0v) is 16.5. The Kier molecular flexibility index (Phi) is 5.33. The molecule has 2 N–H and O–H groups in total. The minimum atomic E-state index is -0.0625. The highest BCUT2D eigenvalue weighted by Crippen LogP contribution is 2.30. The Labute approximate surface area is 169 Å². The van der Waals surface area contributed by atoms with E-state index in [1.807, 2.05) is 36.4 Å². The number of benzene rings is 3. The van der Waals surface area contributed by atoms with Gasteiger partial charge >= 0.3 is 0 Å². The maximum atomic E-state index is 12.3. The van der Waals surface area contributed by atoms with Gasteiger partial charge in [-0.25, -0.2) is 0 Å². The van der Waals surface area contributed by atoms with Gasteiger partial charge < -0.3 is 15.2 Å². The van der Waals surface area contributed by atoms with Gasteiger partial charge in [0.1, 0.15) is 0 Å². The van der Waals surface area contributed by atoms with Gasteiger partial charge in [-0.1, -0.05) is 41.9 Å². The Bertz CT molecular complexity index is 1130. The number of carbonyl (C=O) groups is 1. The van der Waals surface area contributed by atoms with Crippen molar-refractivity contribution in [3.05, 3.63) is 77.3 Å². The predicted molar refractivity (Wildman–Crippen MR) is 117 cm³/mol. The van der Waals surface area contributed by atoms with Gasteiger partial charge in [-0.15, -0.1) is 0 Å². The molecule has 4 nitrogen and oxygen atoms in total. The molecule has 5 heteroatoms. The Morgan fingerprint density at radius 1 is 0.964 bits per heavy atom. The fraction of sp³-hybridized carbons (Fsp3) is 0.174. The summed E-state index contributed by atoms with van der Waals surface area (Å²) in [5.41, 5.74) is 4.30. The van der Waals surface area contributed by atoms with Crippen LogP contribution >= 0.6 is 11.6 Å². The third kappa shape index (κ3) is 3.75. The van der Waals surface area contributed by atoms with E-state index in [-0.39, 0.29) is 12.5 Å². The average molecular weight is 392 g/mol. The third-order valence-corrected chi connectivity index (χ3v) is 5.15. The fourth-order valence-corrected chi connectivity index (χ4v) is 3.73. The quantitative estimate of drug-likeness (QED) is 0.474. The first-order valence-electron chi connectivity index (χ1n) is 9.41. The molecule has 28 heavy (non-hydrogen) atoms. The molecular weight excluding hydrogens is 370 g/mol. The van der Waals surface area contributed by atoms with E-state index in [0.717, 1.165) is 23.2 Å². The number of aryl methyl sites for hydroxylation is 1. The molecule has 0 spiro atoms. The van der Waals surface area contributed by atoms with E-state index in [1.165, 1.54) is 16.4 Å². The predicted octanol–water partition coefficient (Wildman–Crippen LogP) is 5.20. The van der Waals surface area contributed by atoms with E-state index >= 15 is 0 Å². The van der Waals surface area contributed by atoms with Crippen molar-refractivity contribution in [1.29, 1.82) is 0 Å². The van der Waals surface area contributed by atoms with E-state index in [2.05, 4.69) is 52.5 Å². The SMILES string of the molecule is CCn1c2ccccc2c2cc(NC(=O)CNCc3ccc(Cl)cc3)ccc21. The van der Waals surface area contributed by atoms with E-state index in [9.17, 15) is 4.79 Å². The monoisotopic (exact) mass is 391 g/mol. The molecule has 4 aromatic rings. The second-order valence-corrected chi connectivity index (χ2v) is 7.21. The molecule has 0 unspecified atom stereocenters. The fourth-order valence-electron chi connectivity index (χ4n) is 3.60. The highest BCUT2D eigenvalue weighted by Gasteiger charge is 2.10. The first-order valence-corrected chi connectivity index (χ1v) is 9.79. The molecule has 1 heterocycles. The molecule has 0 aliphatic heterocycles. The molecule has 0 aliphatic rings. The molecule has 142 valence electrons. The molecule has 0 saturated carbocycles. The lowest BCUT2D eigenvalue weighted by molar-refractivity contribution is -0.115. The summed E-state index contributed by atoms with van der Waals surface area (Å²) in [6.45, 7) is 3.92. The molecule has 0 fully saturated rings. The van der Waals surface area contributed by atoms with Gasteiger partial charge in [-0.05, 0) is 48.9 Å². The minimum absolute atomic E-state index is 0.0625. The van der Waals surface area contributed by atoms with Crippen LogP contribution in [0.15, 0.2) is 66.7 Å². The molecule has 0 saturated heterocycles. The van der Waals surface area contributed by atoms with Crippen LogP contribution in [0.3, 0.4) is 0 Å². The number of nitrogens with zero attached hydrogens (tertiary/aromatic N) is 1. The first-order chi connectivity index (χ1) is 13.7. The second-order valence-electron chi connectivity index (χ2n) is 6.77. The number of rotatable bonds is 6. The lowest BCUT2D eigenvalue weighted by Gasteiger charge is -2.08. The molecule has 1 amide bonds. The number of carbonyl (C=O) groups excluding carboxylic acids is 1. The van der Waals surface area contributed by atoms with E-state index in [1.54, 1.807) is 0 Å². The Morgan fingerprint density at radius 2 is 1.71 bits per heavy atom. The molecule has 1 aromatic heterocycles. The lowest BCUT2D eigenvalue weighted by Crippen LogP contribution is -2.27. The van der Waals surface area contributed by atoms with Crippen molar-refractivity contribution in [2.75, 3.05) is 11.9 Å². The summed E-state index contributed by atoms with van der Waals surface area (Å²) in [7, 11) is 0. The molecule has 0 bridgehead atoms. The van der Waals surface area contributed by atoms with Crippen molar-refractivity contribution in [2.45, 2.75) is 20.0 Å². The number of hydrogen-bond acceptors (Lipinski definition) is 2. The van der Waals surface area contributed by atoms with Crippen LogP contribution in [0.25, 0.3) is 21.8 Å². The van der Waals surface area contributed by atoms with Crippen LogP contribution in [0.5, 0.6) is 0 Å². The van der Waals surface area contributed by atoms with Crippen LogP contribution in [0, 0.1) is 0 Å². The maximum Gasteiger partial charge on any atom is 0.238 e. The number of aromatic nitrogens is 1. The highest BCUT2D eigenvalue weighted by atomic mass is 35.5. The number of para-hydroxylation sites is 1. The summed E-state index contributed by atoms with van der Waals surface area (Å²) in [5, 5.41) is 9.22. The Morgan fingerprint density at radius 3 is 2.50 bits per heavy atom. The van der Waals surface area contributed by atoms with Crippen molar-refractivity contribution in [1.82, 2.24) is 9.88 Å². The van der Waals surface area contributed by atoms with Crippen LogP contribution < -0.4 is 10.6 Å². The van der Waals surface area contributed by atoms with Crippen LogP contribution in [0.2, 0.25) is 5.02 Å². The number of anilines is 1. The van der Waals surface area contributed by atoms with Crippen LogP contribution in [-0.4, -0.2) is 17.0 Å². The summed E-state index contributed by atoms with van der Waals surface area (Å²) >= 11 is 5.89. The highest BCUT2D eigenvalue weighted by molar-refractivity contribution is 6.30. The van der Waals surface area contributed by atoms with Gasteiger partial charge in [0.15, 0.2) is 0 Å². The Balaban J connectivity index is 1.46. The van der Waals surface area contributed by atoms with Gasteiger partial charge in [0.05, 0.1) is 6.54 Å². The largest absolute Gasteiger partial charge is 0.341 e. The van der Waals surface area contributed by atoms with Crippen molar-refractivity contribution >= 4 is 45.0 Å². The van der Waals surface area contributed by atoms with Gasteiger partial charge in [0, 0.05) is 45.6 Å². The summed E-state index contributed by atoms with van der Waals surface area (Å²) < 4.78 is 2.30. The Hall–Kier alpha value is -2.82. The third-order valence-electron chi connectivity index (χ3n) is 4.90. The minimum Gasteiger partial charge on any atom is -0.341 e. The smallest absolute Gasteiger partial charge is 0.238 e. The summed E-state index contributed by atoms with van der Waals surface area (Å²) in [6, 6.07) is 22.1. The normalized spacial score (nSPS) is 11.2. The van der Waals surface area contributed by atoms with E-state index in [0.29, 0.717) is 11.6 Å². The van der Waals surface area contributed by atoms with Crippen molar-refractivity contribution in [3.8, 4) is 0 Å². The standard InChI is InChI=1S/C23H22ClN3O/c1-2-27-21-6-4-3-5-19(21)20-13-18(11-12-22(20)27)26-23(28)15-25-14-16-7-9-17(24)10-8-16/h3-13,25H,2,14-15H2,1H3,(H,26,28). The molecule has 4 rings (SSSR count). The van der Waals surface area contributed by atoms with Crippen LogP contribution in [0.4, 0.5) is 5.69 Å². The molecule has 0 atom stereocenters. The van der Waals surface area contributed by atoms with E-state index in [4.69, 9.17) is 11.6 Å². The number of amides is 1. The van der Waals surface area contributed by atoms with Crippen molar-refractivity contribution in [3.63, 3.8) is 0 Å². The maximum absolute atomic E-state index is 12.3. The average Bonchev–Trinajstić information content (AvgIpc) is 3.02. The van der Waals surface area contributed by atoms with Crippen molar-refractivity contribution < 1.29 is 4.79 Å². The van der Waals surface area contributed by atoms with Gasteiger partial charge in [-0.3, -0.25) is 4.79 Å². The summed E-state index contributed by atoms with van der Waals surface area (Å²) in [4.78, 5) is 12.3. The summed E-state index contributed by atoms with van der Waals surface area (Å²) in [6.07, 6.45) is 0. The number of nitrogens with one attached hydrogen (secondary N) is 2. The van der Waals surface area contributed by atoms with Crippen LogP contribution in [-0.2, 0) is 17.9 Å². The molecular formula is C23H22ClN3O. The second kappa shape index (κ2) is 8.05. The number of fused-ring (bicyclic) bond motifs is 3. The topological polar surface area (TPSA) is 46.1 Å². The van der Waals surface area contributed by atoms with E-state index < -0.39 is 0 Å². The zero-order chi connectivity index (χ0) is 19.5. The van der Waals surface area contributed by atoms with Gasteiger partial charge in [0.2, 0.25) is 5.91 Å². The van der Waals surface area contributed by atoms with Crippen LogP contribution in [0.1, 0.15) is 12.5 Å². The zero-order valence-electron chi connectivity index (χ0n) is 15.7. The molecule has 0 aliphatic carbocycles. The number of hydrogen-bond donors (Lipinski definition) is 2. The molecule has 3 aromatic carbocycles. The van der Waals surface area contributed by atoms with Gasteiger partial charge in [-0.2, -0.15) is 0 Å². The van der Waals surface area contributed by atoms with Gasteiger partial charge in [0.25, 0.3) is 0 Å².